The number of hydrogen-bond acceptors (Lipinski definition) is 3. The molecule has 2 aliphatic rings. The van der Waals surface area contributed by atoms with Gasteiger partial charge in [0.1, 0.15) is 5.54 Å². The van der Waals surface area contributed by atoms with Crippen molar-refractivity contribution in [2.45, 2.75) is 45.6 Å². The van der Waals surface area contributed by atoms with Gasteiger partial charge >= 0.3 is 6.03 Å². The Kier molecular flexibility index (Phi) is 5.68. The Balaban J connectivity index is 1.61. The lowest BCUT2D eigenvalue weighted by Gasteiger charge is -2.22. The van der Waals surface area contributed by atoms with Gasteiger partial charge in [0.2, 0.25) is 0 Å². The number of hydrogen-bond donors (Lipinski definition) is 2. The van der Waals surface area contributed by atoms with E-state index < -0.39 is 5.54 Å². The number of nitrogens with one attached hydrogen (secondary N) is 2. The molecule has 1 fully saturated rings. The molecule has 1 aromatic rings. The van der Waals surface area contributed by atoms with Crippen molar-refractivity contribution in [1.29, 1.82) is 0 Å². The van der Waals surface area contributed by atoms with E-state index in [0.717, 1.165) is 25.5 Å². The standard InChI is InChI=1S/C20H29N5O2/c1-4-20(3)17(26)25(19(27)23-20)13-8-12-22-18(21-5-2)24-14-11-15-9-6-7-10-16(15)24/h6-7,9-10H,4-5,8,11-14H2,1-3H3,(H,21,22)(H,23,27). The molecule has 7 heteroatoms. The van der Waals surface area contributed by atoms with Crippen LogP contribution in [0.2, 0.25) is 0 Å². The van der Waals surface area contributed by atoms with Crippen molar-refractivity contribution in [2.24, 2.45) is 4.99 Å². The maximum absolute atomic E-state index is 12.4. The van der Waals surface area contributed by atoms with Gasteiger partial charge in [0, 0.05) is 31.9 Å². The van der Waals surface area contributed by atoms with Crippen LogP contribution in [0.25, 0.3) is 0 Å². The lowest BCUT2D eigenvalue weighted by molar-refractivity contribution is -0.130. The number of aliphatic imine (C=N–C) groups is 1. The molecule has 0 spiro atoms. The van der Waals surface area contributed by atoms with E-state index in [4.69, 9.17) is 4.99 Å². The number of imide groups is 1. The minimum absolute atomic E-state index is 0.139. The van der Waals surface area contributed by atoms with Gasteiger partial charge in [-0.05, 0) is 44.7 Å². The van der Waals surface area contributed by atoms with Crippen molar-refractivity contribution in [3.8, 4) is 0 Å². The molecule has 0 radical (unpaired) electrons. The van der Waals surface area contributed by atoms with Gasteiger partial charge in [-0.2, -0.15) is 0 Å². The quantitative estimate of drug-likeness (QED) is 0.348. The van der Waals surface area contributed by atoms with Gasteiger partial charge in [-0.1, -0.05) is 25.1 Å². The fraction of sp³-hybridized carbons (Fsp3) is 0.550. The molecule has 3 rings (SSSR count). The van der Waals surface area contributed by atoms with Crippen LogP contribution in [0, 0.1) is 0 Å². The summed E-state index contributed by atoms with van der Waals surface area (Å²) in [7, 11) is 0. The highest BCUT2D eigenvalue weighted by Gasteiger charge is 2.45. The SMILES string of the molecule is CCNC(=NCCCN1C(=O)NC(C)(CC)C1=O)N1CCc2ccccc21. The fourth-order valence-electron chi connectivity index (χ4n) is 3.56. The number of nitrogens with zero attached hydrogens (tertiary/aromatic N) is 3. The molecule has 2 N–H and O–H groups in total. The number of carbonyl (C=O) groups excluding carboxylic acids is 2. The van der Waals surface area contributed by atoms with Gasteiger partial charge in [0.15, 0.2) is 5.96 Å². The van der Waals surface area contributed by atoms with Crippen molar-refractivity contribution in [3.05, 3.63) is 29.8 Å². The number of fused-ring (bicyclic) bond motifs is 1. The van der Waals surface area contributed by atoms with E-state index in [9.17, 15) is 9.59 Å². The Labute approximate surface area is 160 Å². The second kappa shape index (κ2) is 7.98. The predicted molar refractivity (Wildman–Crippen MR) is 107 cm³/mol. The summed E-state index contributed by atoms with van der Waals surface area (Å²) in [6.07, 6.45) is 2.24. The van der Waals surface area contributed by atoms with E-state index in [0.29, 0.717) is 25.9 Å². The predicted octanol–water partition coefficient (Wildman–Crippen LogP) is 2.13. The smallest absolute Gasteiger partial charge is 0.325 e. The first-order chi connectivity index (χ1) is 13.0. The molecular weight excluding hydrogens is 342 g/mol. The average Bonchev–Trinajstić information content (AvgIpc) is 3.18. The topological polar surface area (TPSA) is 77.0 Å². The molecular formula is C20H29N5O2. The Morgan fingerprint density at radius 1 is 1.30 bits per heavy atom. The third-order valence-corrected chi connectivity index (χ3v) is 5.33. The van der Waals surface area contributed by atoms with E-state index in [-0.39, 0.29) is 11.9 Å². The molecule has 1 unspecified atom stereocenters. The van der Waals surface area contributed by atoms with Crippen molar-refractivity contribution < 1.29 is 9.59 Å². The molecule has 0 aliphatic carbocycles. The number of amides is 3. The molecule has 2 heterocycles. The van der Waals surface area contributed by atoms with Crippen LogP contribution in [0.15, 0.2) is 29.3 Å². The van der Waals surface area contributed by atoms with Crippen LogP contribution in [0.1, 0.15) is 39.2 Å². The van der Waals surface area contributed by atoms with Crippen molar-refractivity contribution >= 4 is 23.6 Å². The van der Waals surface area contributed by atoms with E-state index in [2.05, 4.69) is 40.7 Å². The zero-order valence-corrected chi connectivity index (χ0v) is 16.4. The number of urea groups is 1. The van der Waals surface area contributed by atoms with Crippen LogP contribution in [0.3, 0.4) is 0 Å². The maximum Gasteiger partial charge on any atom is 0.325 e. The summed E-state index contributed by atoms with van der Waals surface area (Å²) in [5, 5.41) is 6.14. The Bertz CT molecular complexity index is 748. The Morgan fingerprint density at radius 3 is 2.78 bits per heavy atom. The third kappa shape index (κ3) is 3.77. The minimum Gasteiger partial charge on any atom is -0.356 e. The van der Waals surface area contributed by atoms with Crippen LogP contribution in [0.5, 0.6) is 0 Å². The van der Waals surface area contributed by atoms with Crippen LogP contribution in [0.4, 0.5) is 10.5 Å². The molecule has 0 saturated carbocycles. The maximum atomic E-state index is 12.4. The monoisotopic (exact) mass is 371 g/mol. The zero-order chi connectivity index (χ0) is 19.4. The third-order valence-electron chi connectivity index (χ3n) is 5.33. The number of rotatable bonds is 6. The van der Waals surface area contributed by atoms with Gasteiger partial charge in [-0.3, -0.25) is 14.7 Å². The molecule has 27 heavy (non-hydrogen) atoms. The van der Waals surface area contributed by atoms with Crippen LogP contribution >= 0.6 is 0 Å². The highest BCUT2D eigenvalue weighted by atomic mass is 16.2. The molecule has 1 atom stereocenters. The van der Waals surface area contributed by atoms with Crippen LogP contribution < -0.4 is 15.5 Å². The highest BCUT2D eigenvalue weighted by Crippen LogP contribution is 2.27. The zero-order valence-electron chi connectivity index (χ0n) is 16.4. The van der Waals surface area contributed by atoms with E-state index in [1.807, 2.05) is 13.0 Å². The summed E-state index contributed by atoms with van der Waals surface area (Å²) in [4.78, 5) is 32.8. The summed E-state index contributed by atoms with van der Waals surface area (Å²) in [6.45, 7) is 8.38. The number of carbonyl (C=O) groups is 2. The molecule has 1 aromatic carbocycles. The first-order valence-corrected chi connectivity index (χ1v) is 9.78. The summed E-state index contributed by atoms with van der Waals surface area (Å²) in [5.74, 6) is 0.720. The van der Waals surface area contributed by atoms with Crippen LogP contribution in [-0.4, -0.2) is 54.5 Å². The van der Waals surface area contributed by atoms with Gasteiger partial charge in [-0.15, -0.1) is 0 Å². The molecule has 1 saturated heterocycles. The van der Waals surface area contributed by atoms with Gasteiger partial charge in [0.25, 0.3) is 5.91 Å². The second-order valence-corrected chi connectivity index (χ2v) is 7.19. The number of guanidine groups is 1. The van der Waals surface area contributed by atoms with Crippen molar-refractivity contribution in [3.63, 3.8) is 0 Å². The first kappa shape index (κ1) is 19.2. The summed E-state index contributed by atoms with van der Waals surface area (Å²) >= 11 is 0. The summed E-state index contributed by atoms with van der Waals surface area (Å²) in [5.41, 5.74) is 1.76. The van der Waals surface area contributed by atoms with E-state index in [1.54, 1.807) is 6.92 Å². The largest absolute Gasteiger partial charge is 0.356 e. The summed E-state index contributed by atoms with van der Waals surface area (Å²) < 4.78 is 0. The lowest BCUT2D eigenvalue weighted by Crippen LogP contribution is -2.43. The van der Waals surface area contributed by atoms with Gasteiger partial charge in [0.05, 0.1) is 0 Å². The number of anilines is 1. The Morgan fingerprint density at radius 2 is 2.07 bits per heavy atom. The van der Waals surface area contributed by atoms with Crippen molar-refractivity contribution in [2.75, 3.05) is 31.1 Å². The molecule has 0 bridgehead atoms. The van der Waals surface area contributed by atoms with Crippen molar-refractivity contribution in [1.82, 2.24) is 15.5 Å². The average molecular weight is 371 g/mol. The Hall–Kier alpha value is -2.57. The normalized spacial score (nSPS) is 22.3. The highest BCUT2D eigenvalue weighted by molar-refractivity contribution is 6.06. The number of para-hydroxylation sites is 1. The fourth-order valence-corrected chi connectivity index (χ4v) is 3.56. The molecule has 2 aliphatic heterocycles. The second-order valence-electron chi connectivity index (χ2n) is 7.19. The molecule has 0 aromatic heterocycles. The van der Waals surface area contributed by atoms with E-state index >= 15 is 0 Å². The van der Waals surface area contributed by atoms with Crippen LogP contribution in [-0.2, 0) is 11.2 Å². The number of benzene rings is 1. The lowest BCUT2D eigenvalue weighted by atomic mass is 9.99. The summed E-state index contributed by atoms with van der Waals surface area (Å²) in [6, 6.07) is 8.08. The van der Waals surface area contributed by atoms with E-state index in [1.165, 1.54) is 16.2 Å². The molecule has 7 nitrogen and oxygen atoms in total. The van der Waals surface area contributed by atoms with Gasteiger partial charge < -0.3 is 15.5 Å². The molecule has 146 valence electrons. The molecule has 3 amide bonds. The van der Waals surface area contributed by atoms with Gasteiger partial charge in [-0.25, -0.2) is 4.79 Å². The minimum atomic E-state index is -0.769. The first-order valence-electron chi connectivity index (χ1n) is 9.78.